The van der Waals surface area contributed by atoms with Crippen molar-refractivity contribution < 1.29 is 39.2 Å². The summed E-state index contributed by atoms with van der Waals surface area (Å²) in [5, 5.41) is 6.75. The molecule has 3 aromatic rings. The zero-order chi connectivity index (χ0) is 19.8. The van der Waals surface area contributed by atoms with Crippen molar-refractivity contribution in [1.29, 1.82) is 0 Å². The van der Waals surface area contributed by atoms with Gasteiger partial charge in [-0.25, -0.2) is 0 Å². The molecule has 0 radical (unpaired) electrons. The van der Waals surface area contributed by atoms with E-state index in [1.165, 1.54) is 22.3 Å². The third-order valence-corrected chi connectivity index (χ3v) is 5.78. The number of amidine groups is 2. The molecule has 0 spiro atoms. The third kappa shape index (κ3) is 4.34. The van der Waals surface area contributed by atoms with E-state index in [0.29, 0.717) is 0 Å². The van der Waals surface area contributed by atoms with Crippen molar-refractivity contribution in [3.63, 3.8) is 0 Å². The SMILES string of the molecule is Cc1c(-c2ccc(C3=[NH+]CCN3)cc2)oc(-c2ccc(C3=[NH+]CCN3)cc2)c1C.[Cl-].[Cl-]. The summed E-state index contributed by atoms with van der Waals surface area (Å²) in [6.07, 6.45) is 0. The first kappa shape index (κ1) is 22.9. The Kier molecular flexibility index (Phi) is 7.08. The van der Waals surface area contributed by atoms with E-state index in [2.05, 4.69) is 83.0 Å². The maximum atomic E-state index is 6.37. The second kappa shape index (κ2) is 9.58. The monoisotopic (exact) mass is 456 g/mol. The molecule has 0 saturated carbocycles. The number of furan rings is 1. The Labute approximate surface area is 194 Å². The zero-order valence-electron chi connectivity index (χ0n) is 17.6. The molecule has 0 amide bonds. The summed E-state index contributed by atoms with van der Waals surface area (Å²) in [5.41, 5.74) is 6.94. The Balaban J connectivity index is 0.00000136. The van der Waals surface area contributed by atoms with Gasteiger partial charge < -0.3 is 29.2 Å². The van der Waals surface area contributed by atoms with Crippen molar-refractivity contribution in [2.24, 2.45) is 0 Å². The average Bonchev–Trinajstić information content (AvgIpc) is 3.52. The molecular weight excluding hydrogens is 431 g/mol. The van der Waals surface area contributed by atoms with Gasteiger partial charge in [0.05, 0.1) is 11.1 Å². The van der Waals surface area contributed by atoms with Crippen molar-refractivity contribution in [3.05, 3.63) is 70.8 Å². The molecule has 3 heterocycles. The van der Waals surface area contributed by atoms with Crippen LogP contribution in [0.5, 0.6) is 0 Å². The lowest BCUT2D eigenvalue weighted by atomic mass is 10.0. The topological polar surface area (TPSA) is 65.1 Å². The number of nitrogens with one attached hydrogen (secondary N) is 4. The van der Waals surface area contributed by atoms with Crippen molar-refractivity contribution in [2.45, 2.75) is 13.8 Å². The fraction of sp³-hybridized carbons (Fsp3) is 0.250. The highest BCUT2D eigenvalue weighted by molar-refractivity contribution is 5.96. The van der Waals surface area contributed by atoms with Crippen LogP contribution in [0.4, 0.5) is 0 Å². The maximum absolute atomic E-state index is 6.37. The van der Waals surface area contributed by atoms with Crippen LogP contribution in [0.3, 0.4) is 0 Å². The Morgan fingerprint density at radius 3 is 1.29 bits per heavy atom. The second-order valence-electron chi connectivity index (χ2n) is 7.62. The highest BCUT2D eigenvalue weighted by Gasteiger charge is 2.20. The summed E-state index contributed by atoms with van der Waals surface area (Å²) in [6, 6.07) is 17.1. The van der Waals surface area contributed by atoms with E-state index in [1.807, 2.05) is 0 Å². The van der Waals surface area contributed by atoms with Gasteiger partial charge in [0.2, 0.25) is 0 Å². The van der Waals surface area contributed by atoms with Crippen LogP contribution in [0.15, 0.2) is 52.9 Å². The minimum Gasteiger partial charge on any atom is -1.00 e. The first-order valence-electron chi connectivity index (χ1n) is 10.2. The third-order valence-electron chi connectivity index (χ3n) is 5.78. The molecule has 5 rings (SSSR count). The van der Waals surface area contributed by atoms with Gasteiger partial charge in [0.25, 0.3) is 11.7 Å². The molecule has 5 nitrogen and oxygen atoms in total. The molecule has 0 bridgehead atoms. The Bertz CT molecular complexity index is 1030. The normalized spacial score (nSPS) is 14.6. The highest BCUT2D eigenvalue weighted by Crippen LogP contribution is 2.36. The number of hydrogen-bond acceptors (Lipinski definition) is 3. The molecule has 31 heavy (non-hydrogen) atoms. The predicted molar refractivity (Wildman–Crippen MR) is 115 cm³/mol. The van der Waals surface area contributed by atoms with Gasteiger partial charge in [0.15, 0.2) is 0 Å². The van der Waals surface area contributed by atoms with Gasteiger partial charge in [-0.15, -0.1) is 0 Å². The Hall–Kier alpha value is -2.76. The molecule has 0 unspecified atom stereocenters. The van der Waals surface area contributed by atoms with E-state index in [9.17, 15) is 0 Å². The van der Waals surface area contributed by atoms with Crippen LogP contribution in [0.1, 0.15) is 22.3 Å². The smallest absolute Gasteiger partial charge is 0.275 e. The van der Waals surface area contributed by atoms with E-state index >= 15 is 0 Å². The lowest BCUT2D eigenvalue weighted by Crippen LogP contribution is -3.00. The minimum absolute atomic E-state index is 0. The predicted octanol–water partition coefficient (Wildman–Crippen LogP) is -5.90. The molecule has 0 fully saturated rings. The summed E-state index contributed by atoms with van der Waals surface area (Å²) < 4.78 is 6.37. The van der Waals surface area contributed by atoms with Crippen molar-refractivity contribution >= 4 is 11.7 Å². The summed E-state index contributed by atoms with van der Waals surface area (Å²) in [7, 11) is 0. The summed E-state index contributed by atoms with van der Waals surface area (Å²) in [4.78, 5) is 6.75. The van der Waals surface area contributed by atoms with Gasteiger partial charge >= 0.3 is 0 Å². The van der Waals surface area contributed by atoms with Gasteiger partial charge in [-0.2, -0.15) is 0 Å². The van der Waals surface area contributed by atoms with Gasteiger partial charge in [-0.05, 0) is 49.2 Å². The zero-order valence-corrected chi connectivity index (χ0v) is 19.1. The van der Waals surface area contributed by atoms with Crippen LogP contribution in [-0.4, -0.2) is 37.9 Å². The van der Waals surface area contributed by atoms with E-state index in [4.69, 9.17) is 4.42 Å². The van der Waals surface area contributed by atoms with Crippen molar-refractivity contribution in [3.8, 4) is 22.6 Å². The quantitative estimate of drug-likeness (QED) is 0.316. The van der Waals surface area contributed by atoms with Crippen LogP contribution >= 0.6 is 0 Å². The van der Waals surface area contributed by atoms with Crippen LogP contribution in [0.2, 0.25) is 0 Å². The van der Waals surface area contributed by atoms with Crippen molar-refractivity contribution in [1.82, 2.24) is 10.6 Å². The van der Waals surface area contributed by atoms with Crippen molar-refractivity contribution in [2.75, 3.05) is 26.2 Å². The van der Waals surface area contributed by atoms with Crippen LogP contribution < -0.4 is 45.4 Å². The Morgan fingerprint density at radius 2 is 0.968 bits per heavy atom. The van der Waals surface area contributed by atoms with E-state index in [0.717, 1.165) is 60.5 Å². The number of hydrogen-bond donors (Lipinski definition) is 4. The number of rotatable bonds is 4. The van der Waals surface area contributed by atoms with Gasteiger partial charge in [0.1, 0.15) is 37.7 Å². The lowest BCUT2D eigenvalue weighted by Gasteiger charge is -2.02. The van der Waals surface area contributed by atoms with Gasteiger partial charge in [-0.3, -0.25) is 20.6 Å². The van der Waals surface area contributed by atoms with Crippen LogP contribution in [0, 0.1) is 13.8 Å². The molecule has 2 aliphatic heterocycles. The van der Waals surface area contributed by atoms with Gasteiger partial charge in [0, 0.05) is 11.1 Å². The first-order chi connectivity index (χ1) is 14.2. The lowest BCUT2D eigenvalue weighted by molar-refractivity contribution is -0.444. The first-order valence-corrected chi connectivity index (χ1v) is 10.2. The fourth-order valence-electron chi connectivity index (χ4n) is 4.01. The standard InChI is InChI=1S/C24H24N4O.2ClH/c1-15-16(2)22(18-5-9-20(10-6-18)24-27-13-14-28-24)29-21(15)17-3-7-19(8-4-17)23-25-11-12-26-23;;/h3-10H,11-14H2,1-2H3,(H,25,26)(H,27,28);2*1H. The molecule has 0 aliphatic carbocycles. The molecule has 1 aromatic heterocycles. The molecule has 2 aromatic carbocycles. The number of benzene rings is 2. The summed E-state index contributed by atoms with van der Waals surface area (Å²) >= 11 is 0. The largest absolute Gasteiger partial charge is 1.00 e. The molecule has 2 aliphatic rings. The van der Waals surface area contributed by atoms with E-state index in [-0.39, 0.29) is 24.8 Å². The summed E-state index contributed by atoms with van der Waals surface area (Å²) in [6.45, 7) is 8.17. The Morgan fingerprint density at radius 1 is 0.613 bits per heavy atom. The highest BCUT2D eigenvalue weighted by atomic mass is 35.5. The molecule has 7 heteroatoms. The number of halogens is 2. The second-order valence-corrected chi connectivity index (χ2v) is 7.62. The van der Waals surface area contributed by atoms with E-state index in [1.54, 1.807) is 0 Å². The van der Waals surface area contributed by atoms with Crippen LogP contribution in [0.25, 0.3) is 22.6 Å². The van der Waals surface area contributed by atoms with Crippen LogP contribution in [-0.2, 0) is 0 Å². The van der Waals surface area contributed by atoms with Gasteiger partial charge in [-0.1, -0.05) is 24.3 Å². The molecule has 4 N–H and O–H groups in total. The summed E-state index contributed by atoms with van der Waals surface area (Å²) in [5.74, 6) is 4.10. The average molecular weight is 457 g/mol. The molecule has 0 saturated heterocycles. The maximum Gasteiger partial charge on any atom is 0.275 e. The minimum atomic E-state index is 0. The van der Waals surface area contributed by atoms with E-state index < -0.39 is 0 Å². The molecule has 162 valence electrons. The fourth-order valence-corrected chi connectivity index (χ4v) is 4.01. The molecule has 0 atom stereocenters. The molecular formula is C24H26Cl2N4O.